The van der Waals surface area contributed by atoms with E-state index in [1.54, 1.807) is 0 Å². The van der Waals surface area contributed by atoms with E-state index in [1.165, 1.54) is 0 Å². The van der Waals surface area contributed by atoms with Crippen LogP contribution in [-0.2, 0) is 0 Å². The average Bonchev–Trinajstić information content (AvgIpc) is 2.83. The first-order valence-corrected chi connectivity index (χ1v) is 6.74. The Balaban J connectivity index is 2.04. The molecule has 0 bridgehead atoms. The predicted octanol–water partition coefficient (Wildman–Crippen LogP) is 0.815. The van der Waals surface area contributed by atoms with Crippen LogP contribution in [0.4, 0.5) is 11.9 Å². The molecule has 1 aliphatic carbocycles. The molecule has 0 amide bonds. The molecule has 1 aromatic heterocycles. The fourth-order valence-corrected chi connectivity index (χ4v) is 2.31. The molecule has 0 radical (unpaired) electrons. The van der Waals surface area contributed by atoms with Crippen LogP contribution in [0.3, 0.4) is 0 Å². The summed E-state index contributed by atoms with van der Waals surface area (Å²) in [6.45, 7) is 2.73. The summed E-state index contributed by atoms with van der Waals surface area (Å²) in [7, 11) is 0. The van der Waals surface area contributed by atoms with Crippen LogP contribution in [0.5, 0.6) is 6.01 Å². The SMILES string of the molecule is CCCOc1nc(N)nc(NC2CCCC2CO)n1. The van der Waals surface area contributed by atoms with Gasteiger partial charge in [0.15, 0.2) is 0 Å². The highest BCUT2D eigenvalue weighted by atomic mass is 16.5. The lowest BCUT2D eigenvalue weighted by Crippen LogP contribution is -2.27. The maximum absolute atomic E-state index is 9.30. The third-order valence-corrected chi connectivity index (χ3v) is 3.28. The molecule has 1 fully saturated rings. The molecule has 0 aromatic carbocycles. The van der Waals surface area contributed by atoms with Crippen molar-refractivity contribution in [2.75, 3.05) is 24.3 Å². The highest BCUT2D eigenvalue weighted by molar-refractivity contribution is 5.34. The smallest absolute Gasteiger partial charge is 0.323 e. The summed E-state index contributed by atoms with van der Waals surface area (Å²) in [5.74, 6) is 0.809. The number of aliphatic hydroxyl groups excluding tert-OH is 1. The summed E-state index contributed by atoms with van der Waals surface area (Å²) in [5.41, 5.74) is 5.64. The predicted molar refractivity (Wildman–Crippen MR) is 71.9 cm³/mol. The third kappa shape index (κ3) is 3.66. The molecular formula is C12H21N5O2. The molecule has 4 N–H and O–H groups in total. The van der Waals surface area contributed by atoms with Gasteiger partial charge in [-0.05, 0) is 19.3 Å². The summed E-state index contributed by atoms with van der Waals surface area (Å²) < 4.78 is 5.36. The van der Waals surface area contributed by atoms with Gasteiger partial charge in [-0.3, -0.25) is 0 Å². The third-order valence-electron chi connectivity index (χ3n) is 3.28. The van der Waals surface area contributed by atoms with Crippen LogP contribution < -0.4 is 15.8 Å². The van der Waals surface area contributed by atoms with Gasteiger partial charge < -0.3 is 20.9 Å². The summed E-state index contributed by atoms with van der Waals surface area (Å²) in [6, 6.07) is 0.432. The molecule has 1 aliphatic rings. The lowest BCUT2D eigenvalue weighted by molar-refractivity contribution is 0.222. The summed E-state index contributed by atoms with van der Waals surface area (Å²) in [6.07, 6.45) is 4.00. The topological polar surface area (TPSA) is 106 Å². The number of ether oxygens (including phenoxy) is 1. The van der Waals surface area contributed by atoms with Crippen LogP contribution in [0.15, 0.2) is 0 Å². The first kappa shape index (κ1) is 13.8. The van der Waals surface area contributed by atoms with Crippen LogP contribution in [0.2, 0.25) is 0 Å². The molecule has 0 saturated heterocycles. The highest BCUT2D eigenvalue weighted by Gasteiger charge is 2.27. The summed E-state index contributed by atoms with van der Waals surface area (Å²) in [5, 5.41) is 12.5. The maximum Gasteiger partial charge on any atom is 0.323 e. The molecule has 19 heavy (non-hydrogen) atoms. The molecule has 2 rings (SSSR count). The number of aliphatic hydroxyl groups is 1. The number of nitrogens with two attached hydrogens (primary N) is 1. The fraction of sp³-hybridized carbons (Fsp3) is 0.750. The summed E-state index contributed by atoms with van der Waals surface area (Å²) in [4.78, 5) is 12.2. The number of aromatic nitrogens is 3. The second kappa shape index (κ2) is 6.51. The Morgan fingerprint density at radius 1 is 1.37 bits per heavy atom. The first-order valence-electron chi connectivity index (χ1n) is 6.74. The van der Waals surface area contributed by atoms with Gasteiger partial charge in [-0.25, -0.2) is 0 Å². The Morgan fingerprint density at radius 3 is 2.95 bits per heavy atom. The van der Waals surface area contributed by atoms with Crippen molar-refractivity contribution in [1.29, 1.82) is 0 Å². The van der Waals surface area contributed by atoms with E-state index in [-0.39, 0.29) is 30.5 Å². The Hall–Kier alpha value is -1.63. The van der Waals surface area contributed by atoms with Crippen molar-refractivity contribution in [1.82, 2.24) is 15.0 Å². The van der Waals surface area contributed by atoms with Gasteiger partial charge >= 0.3 is 6.01 Å². The zero-order chi connectivity index (χ0) is 13.7. The minimum atomic E-state index is 0.141. The lowest BCUT2D eigenvalue weighted by Gasteiger charge is -2.19. The van der Waals surface area contributed by atoms with Gasteiger partial charge in [-0.1, -0.05) is 13.3 Å². The minimum absolute atomic E-state index is 0.141. The number of nitrogens with zero attached hydrogens (tertiary/aromatic N) is 3. The van der Waals surface area contributed by atoms with Crippen LogP contribution >= 0.6 is 0 Å². The first-order chi connectivity index (χ1) is 9.22. The van der Waals surface area contributed by atoms with Crippen molar-refractivity contribution in [3.8, 4) is 6.01 Å². The van der Waals surface area contributed by atoms with Gasteiger partial charge in [-0.15, -0.1) is 0 Å². The molecule has 0 aliphatic heterocycles. The molecular weight excluding hydrogens is 246 g/mol. The van der Waals surface area contributed by atoms with E-state index in [0.717, 1.165) is 25.7 Å². The van der Waals surface area contributed by atoms with Crippen molar-refractivity contribution in [3.63, 3.8) is 0 Å². The number of nitrogens with one attached hydrogen (secondary N) is 1. The number of hydrogen-bond acceptors (Lipinski definition) is 7. The molecule has 2 unspecified atom stereocenters. The molecule has 1 saturated carbocycles. The van der Waals surface area contributed by atoms with Gasteiger partial charge in [0.2, 0.25) is 11.9 Å². The molecule has 7 heteroatoms. The van der Waals surface area contributed by atoms with E-state index in [2.05, 4.69) is 20.3 Å². The van der Waals surface area contributed by atoms with E-state index in [0.29, 0.717) is 12.6 Å². The monoisotopic (exact) mass is 267 g/mol. The van der Waals surface area contributed by atoms with Crippen LogP contribution in [-0.4, -0.2) is 39.3 Å². The Kier molecular flexibility index (Phi) is 4.73. The zero-order valence-corrected chi connectivity index (χ0v) is 11.2. The average molecular weight is 267 g/mol. The van der Waals surface area contributed by atoms with Crippen molar-refractivity contribution >= 4 is 11.9 Å². The Morgan fingerprint density at radius 2 is 2.21 bits per heavy atom. The quantitative estimate of drug-likeness (QED) is 0.700. The zero-order valence-electron chi connectivity index (χ0n) is 11.2. The summed E-state index contributed by atoms with van der Waals surface area (Å²) >= 11 is 0. The van der Waals surface area contributed by atoms with Gasteiger partial charge in [0.1, 0.15) is 0 Å². The fourth-order valence-electron chi connectivity index (χ4n) is 2.31. The number of rotatable bonds is 6. The lowest BCUT2D eigenvalue weighted by atomic mass is 10.1. The Bertz CT molecular complexity index is 415. The van der Waals surface area contributed by atoms with Crippen molar-refractivity contribution in [2.24, 2.45) is 5.92 Å². The molecule has 0 spiro atoms. The van der Waals surface area contributed by atoms with Gasteiger partial charge in [0.25, 0.3) is 0 Å². The number of nitrogen functional groups attached to an aromatic ring is 1. The molecule has 2 atom stereocenters. The maximum atomic E-state index is 9.30. The second-order valence-electron chi connectivity index (χ2n) is 4.77. The van der Waals surface area contributed by atoms with E-state index in [9.17, 15) is 5.11 Å². The van der Waals surface area contributed by atoms with Gasteiger partial charge in [-0.2, -0.15) is 15.0 Å². The number of anilines is 2. The van der Waals surface area contributed by atoms with Crippen LogP contribution in [0, 0.1) is 5.92 Å². The molecule has 7 nitrogen and oxygen atoms in total. The standard InChI is InChI=1S/C12H21N5O2/c1-2-6-19-12-16-10(13)15-11(17-12)14-9-5-3-4-8(9)7-18/h8-9,18H,2-7H2,1H3,(H3,13,14,15,16,17). The van der Waals surface area contributed by atoms with Crippen LogP contribution in [0.1, 0.15) is 32.6 Å². The van der Waals surface area contributed by atoms with E-state index in [1.807, 2.05) is 6.92 Å². The van der Waals surface area contributed by atoms with E-state index in [4.69, 9.17) is 10.5 Å². The highest BCUT2D eigenvalue weighted by Crippen LogP contribution is 2.27. The largest absolute Gasteiger partial charge is 0.463 e. The van der Waals surface area contributed by atoms with Crippen molar-refractivity contribution < 1.29 is 9.84 Å². The second-order valence-corrected chi connectivity index (χ2v) is 4.77. The molecule has 1 heterocycles. The van der Waals surface area contributed by atoms with E-state index < -0.39 is 0 Å². The Labute approximate surface area is 112 Å². The van der Waals surface area contributed by atoms with Crippen LogP contribution in [0.25, 0.3) is 0 Å². The van der Waals surface area contributed by atoms with Gasteiger partial charge in [0, 0.05) is 18.6 Å². The van der Waals surface area contributed by atoms with Crippen molar-refractivity contribution in [3.05, 3.63) is 0 Å². The van der Waals surface area contributed by atoms with Crippen molar-refractivity contribution in [2.45, 2.75) is 38.6 Å². The number of hydrogen-bond donors (Lipinski definition) is 3. The normalized spacial score (nSPS) is 22.4. The molecule has 1 aromatic rings. The van der Waals surface area contributed by atoms with E-state index >= 15 is 0 Å². The minimum Gasteiger partial charge on any atom is -0.463 e. The molecule has 106 valence electrons. The van der Waals surface area contributed by atoms with Gasteiger partial charge in [0.05, 0.1) is 6.61 Å².